The first-order chi connectivity index (χ1) is 5.15. The molecule has 4 nitrogen and oxygen atoms in total. The van der Waals surface area contributed by atoms with Gasteiger partial charge < -0.3 is 9.84 Å². The molecule has 1 rings (SSSR count). The SMILES string of the molecule is CC(=O)[C@@H]1CC(=O)O[C@H]1CO. The number of Topliss-reactive ketones (excluding diaryl/α,β-unsaturated/α-hetero) is 1. The molecular formula is C7H10O4. The molecule has 0 saturated carbocycles. The van der Waals surface area contributed by atoms with Gasteiger partial charge in [0.25, 0.3) is 0 Å². The molecule has 1 fully saturated rings. The average Bonchev–Trinajstić information content (AvgIpc) is 2.30. The van der Waals surface area contributed by atoms with Gasteiger partial charge in [-0.1, -0.05) is 0 Å². The number of aliphatic hydroxyl groups excluding tert-OH is 1. The molecule has 0 bridgehead atoms. The second-order valence-corrected chi connectivity index (χ2v) is 2.63. The number of ether oxygens (including phenoxy) is 1. The van der Waals surface area contributed by atoms with E-state index in [9.17, 15) is 9.59 Å². The molecule has 0 amide bonds. The van der Waals surface area contributed by atoms with Crippen molar-refractivity contribution in [3.63, 3.8) is 0 Å². The maximum atomic E-state index is 10.8. The Morgan fingerprint density at radius 1 is 1.82 bits per heavy atom. The molecular weight excluding hydrogens is 148 g/mol. The smallest absolute Gasteiger partial charge is 0.307 e. The Morgan fingerprint density at radius 3 is 2.82 bits per heavy atom. The van der Waals surface area contributed by atoms with Crippen molar-refractivity contribution in [1.82, 2.24) is 0 Å². The topological polar surface area (TPSA) is 63.6 Å². The van der Waals surface area contributed by atoms with Crippen LogP contribution < -0.4 is 0 Å². The minimum absolute atomic E-state index is 0.102. The highest BCUT2D eigenvalue weighted by Crippen LogP contribution is 2.22. The van der Waals surface area contributed by atoms with Crippen LogP contribution in [-0.2, 0) is 14.3 Å². The fourth-order valence-corrected chi connectivity index (χ4v) is 1.18. The summed E-state index contributed by atoms with van der Waals surface area (Å²) < 4.78 is 4.67. The van der Waals surface area contributed by atoms with E-state index in [1.165, 1.54) is 6.92 Å². The predicted octanol–water partition coefficient (Wildman–Crippen LogP) is -0.501. The molecule has 0 spiro atoms. The summed E-state index contributed by atoms with van der Waals surface area (Å²) in [7, 11) is 0. The molecule has 1 N–H and O–H groups in total. The largest absolute Gasteiger partial charge is 0.459 e. The zero-order valence-electron chi connectivity index (χ0n) is 6.24. The van der Waals surface area contributed by atoms with Crippen LogP contribution in [0, 0.1) is 5.92 Å². The summed E-state index contributed by atoms with van der Waals surface area (Å²) >= 11 is 0. The van der Waals surface area contributed by atoms with Gasteiger partial charge in [0, 0.05) is 0 Å². The van der Waals surface area contributed by atoms with Crippen molar-refractivity contribution in [3.8, 4) is 0 Å². The molecule has 11 heavy (non-hydrogen) atoms. The molecule has 0 aromatic carbocycles. The van der Waals surface area contributed by atoms with Crippen molar-refractivity contribution >= 4 is 11.8 Å². The van der Waals surface area contributed by atoms with Gasteiger partial charge in [-0.25, -0.2) is 0 Å². The molecule has 1 saturated heterocycles. The predicted molar refractivity (Wildman–Crippen MR) is 35.8 cm³/mol. The maximum Gasteiger partial charge on any atom is 0.307 e. The molecule has 1 heterocycles. The molecule has 0 aliphatic carbocycles. The lowest BCUT2D eigenvalue weighted by Crippen LogP contribution is -2.25. The van der Waals surface area contributed by atoms with Gasteiger partial charge in [-0.3, -0.25) is 9.59 Å². The van der Waals surface area contributed by atoms with Crippen LogP contribution in [0.15, 0.2) is 0 Å². The van der Waals surface area contributed by atoms with Crippen molar-refractivity contribution in [3.05, 3.63) is 0 Å². The Hall–Kier alpha value is -0.900. The lowest BCUT2D eigenvalue weighted by molar-refractivity contribution is -0.143. The lowest BCUT2D eigenvalue weighted by atomic mass is 9.98. The number of hydrogen-bond donors (Lipinski definition) is 1. The Labute approximate surface area is 64.2 Å². The van der Waals surface area contributed by atoms with Crippen molar-refractivity contribution in [2.45, 2.75) is 19.4 Å². The van der Waals surface area contributed by atoms with Crippen LogP contribution in [-0.4, -0.2) is 29.6 Å². The van der Waals surface area contributed by atoms with Gasteiger partial charge in [0.15, 0.2) is 0 Å². The van der Waals surface area contributed by atoms with Crippen molar-refractivity contribution in [2.24, 2.45) is 5.92 Å². The number of carbonyl (C=O) groups is 2. The molecule has 62 valence electrons. The Morgan fingerprint density at radius 2 is 2.45 bits per heavy atom. The van der Waals surface area contributed by atoms with Gasteiger partial charge in [-0.15, -0.1) is 0 Å². The van der Waals surface area contributed by atoms with E-state index in [1.54, 1.807) is 0 Å². The maximum absolute atomic E-state index is 10.8. The third kappa shape index (κ3) is 1.57. The van der Waals surface area contributed by atoms with Crippen LogP contribution >= 0.6 is 0 Å². The monoisotopic (exact) mass is 158 g/mol. The molecule has 0 aromatic rings. The molecule has 1 aliphatic rings. The van der Waals surface area contributed by atoms with Gasteiger partial charge in [0.05, 0.1) is 18.9 Å². The number of esters is 1. The summed E-state index contributed by atoms with van der Waals surface area (Å²) in [6.45, 7) is 1.13. The Balaban J connectivity index is 2.64. The van der Waals surface area contributed by atoms with E-state index in [4.69, 9.17) is 5.11 Å². The van der Waals surface area contributed by atoms with Gasteiger partial charge in [-0.05, 0) is 6.92 Å². The molecule has 2 atom stereocenters. The zero-order chi connectivity index (χ0) is 8.43. The number of rotatable bonds is 2. The summed E-state index contributed by atoms with van der Waals surface area (Å²) in [6.07, 6.45) is -0.499. The highest BCUT2D eigenvalue weighted by atomic mass is 16.6. The van der Waals surface area contributed by atoms with Crippen molar-refractivity contribution in [1.29, 1.82) is 0 Å². The van der Waals surface area contributed by atoms with Gasteiger partial charge >= 0.3 is 5.97 Å². The third-order valence-corrected chi connectivity index (χ3v) is 1.82. The van der Waals surface area contributed by atoms with Crippen molar-refractivity contribution in [2.75, 3.05) is 6.61 Å². The van der Waals surface area contributed by atoms with Crippen molar-refractivity contribution < 1.29 is 19.4 Å². The highest BCUT2D eigenvalue weighted by molar-refractivity contribution is 5.86. The van der Waals surface area contributed by atoms with Crippen LogP contribution in [0.1, 0.15) is 13.3 Å². The molecule has 0 radical (unpaired) electrons. The first-order valence-corrected chi connectivity index (χ1v) is 3.46. The standard InChI is InChI=1S/C7H10O4/c1-4(9)5-2-7(10)11-6(5)3-8/h5-6,8H,2-3H2,1H3/t5-,6-/m0/s1. The number of hydrogen-bond acceptors (Lipinski definition) is 4. The molecule has 0 unspecified atom stereocenters. The molecule has 1 aliphatic heterocycles. The summed E-state index contributed by atoms with van der Waals surface area (Å²) in [4.78, 5) is 21.5. The second kappa shape index (κ2) is 3.00. The number of carbonyl (C=O) groups excluding carboxylic acids is 2. The fourth-order valence-electron chi connectivity index (χ4n) is 1.18. The summed E-state index contributed by atoms with van der Waals surface area (Å²) in [5.41, 5.74) is 0. The summed E-state index contributed by atoms with van der Waals surface area (Å²) in [6, 6.07) is 0. The molecule has 0 aromatic heterocycles. The van der Waals surface area contributed by atoms with E-state index in [0.717, 1.165) is 0 Å². The van der Waals surface area contributed by atoms with Gasteiger partial charge in [-0.2, -0.15) is 0 Å². The number of aliphatic hydroxyl groups is 1. The van der Waals surface area contributed by atoms with E-state index >= 15 is 0 Å². The van der Waals surface area contributed by atoms with E-state index in [-0.39, 0.29) is 18.8 Å². The summed E-state index contributed by atoms with van der Waals surface area (Å²) in [5, 5.41) is 8.67. The van der Waals surface area contributed by atoms with Gasteiger partial charge in [0.1, 0.15) is 11.9 Å². The molecule has 4 heteroatoms. The third-order valence-electron chi connectivity index (χ3n) is 1.82. The minimum atomic E-state index is -0.611. The van der Waals surface area contributed by atoms with Crippen LogP contribution in [0.25, 0.3) is 0 Å². The van der Waals surface area contributed by atoms with Crippen LogP contribution in [0.2, 0.25) is 0 Å². The van der Waals surface area contributed by atoms with E-state index in [2.05, 4.69) is 4.74 Å². The Kier molecular flexibility index (Phi) is 2.24. The zero-order valence-corrected chi connectivity index (χ0v) is 6.24. The van der Waals surface area contributed by atoms with Crippen LogP contribution in [0.3, 0.4) is 0 Å². The normalized spacial score (nSPS) is 30.2. The minimum Gasteiger partial charge on any atom is -0.459 e. The fraction of sp³-hybridized carbons (Fsp3) is 0.714. The van der Waals surface area contributed by atoms with Gasteiger partial charge in [0.2, 0.25) is 0 Å². The average molecular weight is 158 g/mol. The first-order valence-electron chi connectivity index (χ1n) is 3.46. The second-order valence-electron chi connectivity index (χ2n) is 2.63. The van der Waals surface area contributed by atoms with Crippen LogP contribution in [0.4, 0.5) is 0 Å². The first kappa shape index (κ1) is 8.20. The quantitative estimate of drug-likeness (QED) is 0.550. The van der Waals surface area contributed by atoms with E-state index in [1.807, 2.05) is 0 Å². The van der Waals surface area contributed by atoms with E-state index in [0.29, 0.717) is 0 Å². The van der Waals surface area contributed by atoms with E-state index < -0.39 is 18.0 Å². The van der Waals surface area contributed by atoms with Crippen LogP contribution in [0.5, 0.6) is 0 Å². The lowest BCUT2D eigenvalue weighted by Gasteiger charge is -2.10. The Bertz CT molecular complexity index is 187. The number of ketones is 1. The summed E-state index contributed by atoms with van der Waals surface area (Å²) in [5.74, 6) is -0.938. The highest BCUT2D eigenvalue weighted by Gasteiger charge is 2.37. The number of cyclic esters (lactones) is 1.